The summed E-state index contributed by atoms with van der Waals surface area (Å²) in [5.41, 5.74) is 1.60. The predicted molar refractivity (Wildman–Crippen MR) is 118 cm³/mol. The van der Waals surface area contributed by atoms with Gasteiger partial charge in [-0.1, -0.05) is 44.2 Å². The first kappa shape index (κ1) is 22.8. The maximum atomic E-state index is 13.7. The fourth-order valence-corrected chi connectivity index (χ4v) is 3.11. The lowest BCUT2D eigenvalue weighted by atomic mass is 9.95. The number of halogens is 2. The van der Waals surface area contributed by atoms with E-state index in [-0.39, 0.29) is 5.78 Å². The first-order valence-electron chi connectivity index (χ1n) is 10.1. The van der Waals surface area contributed by atoms with Gasteiger partial charge in [-0.15, -0.1) is 0 Å². The van der Waals surface area contributed by atoms with Crippen LogP contribution in [0.5, 0.6) is 0 Å². The van der Waals surface area contributed by atoms with Crippen molar-refractivity contribution in [1.82, 2.24) is 5.32 Å². The fourth-order valence-electron chi connectivity index (χ4n) is 3.11. The third kappa shape index (κ3) is 5.24. The third-order valence-electron chi connectivity index (χ3n) is 5.18. The van der Waals surface area contributed by atoms with E-state index in [0.29, 0.717) is 22.7 Å². The Bertz CT molecular complexity index is 1120. The molecule has 0 aromatic heterocycles. The van der Waals surface area contributed by atoms with Gasteiger partial charge in [0.05, 0.1) is 0 Å². The van der Waals surface area contributed by atoms with Crippen molar-refractivity contribution < 1.29 is 23.2 Å². The Balaban J connectivity index is 1.63. The molecule has 0 heterocycles. The van der Waals surface area contributed by atoms with Crippen LogP contribution < -0.4 is 10.6 Å². The summed E-state index contributed by atoms with van der Waals surface area (Å²) in [7, 11) is 0. The van der Waals surface area contributed by atoms with E-state index in [4.69, 9.17) is 0 Å². The van der Waals surface area contributed by atoms with Crippen LogP contribution in [-0.4, -0.2) is 17.7 Å². The zero-order valence-electron chi connectivity index (χ0n) is 17.6. The van der Waals surface area contributed by atoms with Crippen LogP contribution in [0.3, 0.4) is 0 Å². The molecule has 1 atom stereocenters. The average Bonchev–Trinajstić information content (AvgIpc) is 2.78. The van der Waals surface area contributed by atoms with Crippen LogP contribution in [0.1, 0.15) is 58.0 Å². The van der Waals surface area contributed by atoms with Crippen molar-refractivity contribution in [2.45, 2.75) is 26.2 Å². The Morgan fingerprint density at radius 2 is 1.38 bits per heavy atom. The van der Waals surface area contributed by atoms with E-state index >= 15 is 0 Å². The molecule has 3 rings (SSSR count). The first-order valence-corrected chi connectivity index (χ1v) is 10.1. The van der Waals surface area contributed by atoms with E-state index in [2.05, 4.69) is 19.2 Å². The predicted octanol–water partition coefficient (Wildman–Crippen LogP) is 5.67. The highest BCUT2D eigenvalue weighted by Gasteiger charge is 2.19. The van der Waals surface area contributed by atoms with Crippen LogP contribution in [0.4, 0.5) is 19.3 Å². The summed E-state index contributed by atoms with van der Waals surface area (Å²) in [6, 6.07) is 15.5. The molecule has 0 aliphatic heterocycles. The number of ketones is 1. The molecule has 164 valence electrons. The Hall–Kier alpha value is -3.87. The quantitative estimate of drug-likeness (QED) is 0.489. The van der Waals surface area contributed by atoms with Crippen molar-refractivity contribution in [3.63, 3.8) is 0 Å². The molecule has 3 aromatic rings. The van der Waals surface area contributed by atoms with E-state index in [1.807, 2.05) is 17.4 Å². The van der Waals surface area contributed by atoms with Gasteiger partial charge in [0, 0.05) is 16.8 Å². The van der Waals surface area contributed by atoms with Gasteiger partial charge in [-0.3, -0.25) is 14.9 Å². The van der Waals surface area contributed by atoms with Gasteiger partial charge in [-0.25, -0.2) is 13.6 Å². The molecule has 0 aliphatic rings. The number of nitrogens with one attached hydrogen (secondary N) is 2. The minimum atomic E-state index is -1.20. The SMILES string of the molecule is CCC(C)c1ccc(C(=O)c2ccc(NC(=O)NC(=O)c3c(F)cccc3F)cc2)cc1. The highest BCUT2D eigenvalue weighted by Crippen LogP contribution is 2.20. The Morgan fingerprint density at radius 3 is 1.91 bits per heavy atom. The van der Waals surface area contributed by atoms with Gasteiger partial charge >= 0.3 is 6.03 Å². The number of hydrogen-bond donors (Lipinski definition) is 2. The van der Waals surface area contributed by atoms with Crippen LogP contribution in [-0.2, 0) is 0 Å². The third-order valence-corrected chi connectivity index (χ3v) is 5.18. The van der Waals surface area contributed by atoms with Gasteiger partial charge in [0.1, 0.15) is 17.2 Å². The van der Waals surface area contributed by atoms with Gasteiger partial charge in [-0.05, 0) is 54.3 Å². The van der Waals surface area contributed by atoms with Crippen LogP contribution in [0.25, 0.3) is 0 Å². The van der Waals surface area contributed by atoms with E-state index in [9.17, 15) is 23.2 Å². The van der Waals surface area contributed by atoms with Crippen molar-refractivity contribution in [3.05, 3.63) is 101 Å². The van der Waals surface area contributed by atoms with Gasteiger partial charge in [0.25, 0.3) is 5.91 Å². The van der Waals surface area contributed by atoms with Crippen molar-refractivity contribution in [1.29, 1.82) is 0 Å². The van der Waals surface area contributed by atoms with Crippen LogP contribution in [0.2, 0.25) is 0 Å². The molecule has 3 aromatic carbocycles. The molecule has 7 heteroatoms. The second kappa shape index (κ2) is 9.96. The largest absolute Gasteiger partial charge is 0.326 e. The lowest BCUT2D eigenvalue weighted by Crippen LogP contribution is -2.35. The number of benzene rings is 3. The Kier molecular flexibility index (Phi) is 7.10. The zero-order chi connectivity index (χ0) is 23.3. The van der Waals surface area contributed by atoms with Gasteiger partial charge in [-0.2, -0.15) is 0 Å². The molecular formula is C25H22F2N2O3. The highest BCUT2D eigenvalue weighted by atomic mass is 19.1. The topological polar surface area (TPSA) is 75.3 Å². The molecule has 0 radical (unpaired) electrons. The number of rotatable bonds is 6. The Labute approximate surface area is 184 Å². The molecule has 0 aliphatic carbocycles. The zero-order valence-corrected chi connectivity index (χ0v) is 17.6. The lowest BCUT2D eigenvalue weighted by molar-refractivity contribution is 0.0958. The molecule has 0 fully saturated rings. The van der Waals surface area contributed by atoms with Crippen LogP contribution >= 0.6 is 0 Å². The van der Waals surface area contributed by atoms with Crippen molar-refractivity contribution in [3.8, 4) is 0 Å². The summed E-state index contributed by atoms with van der Waals surface area (Å²) in [4.78, 5) is 36.7. The van der Waals surface area contributed by atoms with Gasteiger partial charge in [0.2, 0.25) is 0 Å². The maximum absolute atomic E-state index is 13.7. The minimum absolute atomic E-state index is 0.165. The summed E-state index contributed by atoms with van der Waals surface area (Å²) in [5, 5.41) is 4.26. The molecule has 0 bridgehead atoms. The number of urea groups is 1. The lowest BCUT2D eigenvalue weighted by Gasteiger charge is -2.10. The first-order chi connectivity index (χ1) is 15.3. The van der Waals surface area contributed by atoms with E-state index in [1.54, 1.807) is 24.3 Å². The average molecular weight is 436 g/mol. The molecular weight excluding hydrogens is 414 g/mol. The second-order valence-electron chi connectivity index (χ2n) is 7.34. The second-order valence-corrected chi connectivity index (χ2v) is 7.34. The number of amides is 3. The molecule has 5 nitrogen and oxygen atoms in total. The van der Waals surface area contributed by atoms with Crippen molar-refractivity contribution in [2.24, 2.45) is 0 Å². The monoisotopic (exact) mass is 436 g/mol. The summed E-state index contributed by atoms with van der Waals surface area (Å²) in [6.45, 7) is 4.23. The molecule has 32 heavy (non-hydrogen) atoms. The summed E-state index contributed by atoms with van der Waals surface area (Å²) in [5.74, 6) is -3.10. The number of carbonyl (C=O) groups is 3. The standard InChI is InChI=1S/C25H22F2N2O3/c1-3-15(2)16-7-9-17(10-8-16)23(30)18-11-13-19(14-12-18)28-25(32)29-24(31)22-20(26)5-4-6-21(22)27/h4-15H,3H2,1-2H3,(H2,28,29,31,32). The van der Waals surface area contributed by atoms with Gasteiger partial charge < -0.3 is 5.32 Å². The molecule has 0 saturated heterocycles. The van der Waals surface area contributed by atoms with Crippen molar-refractivity contribution in [2.75, 3.05) is 5.32 Å². The highest BCUT2D eigenvalue weighted by molar-refractivity contribution is 6.10. The van der Waals surface area contributed by atoms with Gasteiger partial charge in [0.15, 0.2) is 5.78 Å². The number of imide groups is 1. The van der Waals surface area contributed by atoms with Crippen molar-refractivity contribution >= 4 is 23.4 Å². The summed E-state index contributed by atoms with van der Waals surface area (Å²) in [6.07, 6.45) is 1.01. The number of anilines is 1. The molecule has 2 N–H and O–H groups in total. The smallest absolute Gasteiger partial charge is 0.308 e. The molecule has 0 saturated carbocycles. The number of carbonyl (C=O) groups excluding carboxylic acids is 3. The van der Waals surface area contributed by atoms with Crippen LogP contribution in [0, 0.1) is 11.6 Å². The van der Waals surface area contributed by atoms with E-state index in [1.165, 1.54) is 17.7 Å². The normalized spacial score (nSPS) is 11.5. The molecule has 0 spiro atoms. The van der Waals surface area contributed by atoms with E-state index in [0.717, 1.165) is 24.6 Å². The summed E-state index contributed by atoms with van der Waals surface area (Å²) < 4.78 is 27.3. The van der Waals surface area contributed by atoms with E-state index < -0.39 is 29.1 Å². The Morgan fingerprint density at radius 1 is 0.844 bits per heavy atom. The minimum Gasteiger partial charge on any atom is -0.308 e. The maximum Gasteiger partial charge on any atom is 0.326 e. The fraction of sp³-hybridized carbons (Fsp3) is 0.160. The number of hydrogen-bond acceptors (Lipinski definition) is 3. The molecule has 1 unspecified atom stereocenters. The van der Waals surface area contributed by atoms with Crippen LogP contribution in [0.15, 0.2) is 66.7 Å². The molecule has 3 amide bonds. The summed E-state index contributed by atoms with van der Waals surface area (Å²) >= 11 is 0.